The number of aromatic hydroxyl groups is 1. The molecule has 1 saturated carbocycles. The number of nitrogens with one attached hydrogen (secondary N) is 1. The van der Waals surface area contributed by atoms with Crippen LogP contribution in [-0.4, -0.2) is 11.1 Å². The molecule has 0 bridgehead atoms. The van der Waals surface area contributed by atoms with E-state index in [1.54, 1.807) is 17.4 Å². The standard InChI is InChI=1S/C14H17NOS/c16-12-5-6-14-13(7-12)10(9-17-14)8-15-11-3-1-2-4-11/h5-7,9,11,15-16H,1-4,8H2. The molecule has 0 unspecified atom stereocenters. The van der Waals surface area contributed by atoms with E-state index in [9.17, 15) is 5.11 Å². The summed E-state index contributed by atoms with van der Waals surface area (Å²) >= 11 is 1.75. The molecule has 2 N–H and O–H groups in total. The van der Waals surface area contributed by atoms with Gasteiger partial charge in [0.2, 0.25) is 0 Å². The lowest BCUT2D eigenvalue weighted by Gasteiger charge is -2.10. The molecule has 2 nitrogen and oxygen atoms in total. The molecule has 17 heavy (non-hydrogen) atoms. The second-order valence-electron chi connectivity index (χ2n) is 4.80. The third-order valence-electron chi connectivity index (χ3n) is 3.57. The summed E-state index contributed by atoms with van der Waals surface area (Å²) in [5, 5.41) is 16.6. The highest BCUT2D eigenvalue weighted by Crippen LogP contribution is 2.29. The van der Waals surface area contributed by atoms with Gasteiger partial charge in [-0.3, -0.25) is 0 Å². The molecular weight excluding hydrogens is 230 g/mol. The van der Waals surface area contributed by atoms with E-state index in [4.69, 9.17) is 0 Å². The van der Waals surface area contributed by atoms with E-state index >= 15 is 0 Å². The Bertz CT molecular complexity index is 514. The van der Waals surface area contributed by atoms with Gasteiger partial charge in [-0.1, -0.05) is 12.8 Å². The van der Waals surface area contributed by atoms with Gasteiger partial charge >= 0.3 is 0 Å². The second kappa shape index (κ2) is 4.67. The van der Waals surface area contributed by atoms with Crippen molar-refractivity contribution < 1.29 is 5.11 Å². The van der Waals surface area contributed by atoms with Crippen LogP contribution in [0.1, 0.15) is 31.2 Å². The van der Waals surface area contributed by atoms with Crippen LogP contribution >= 0.6 is 11.3 Å². The Morgan fingerprint density at radius 1 is 1.29 bits per heavy atom. The maximum Gasteiger partial charge on any atom is 0.116 e. The van der Waals surface area contributed by atoms with E-state index in [1.807, 2.05) is 12.1 Å². The Hall–Kier alpha value is -1.06. The van der Waals surface area contributed by atoms with Gasteiger partial charge in [0.15, 0.2) is 0 Å². The van der Waals surface area contributed by atoms with Gasteiger partial charge in [0, 0.05) is 22.7 Å². The molecule has 0 saturated heterocycles. The van der Waals surface area contributed by atoms with Gasteiger partial charge in [-0.05, 0) is 42.0 Å². The molecule has 1 aromatic carbocycles. The maximum absolute atomic E-state index is 9.54. The van der Waals surface area contributed by atoms with Crippen molar-refractivity contribution in [2.24, 2.45) is 0 Å². The van der Waals surface area contributed by atoms with Crippen LogP contribution in [0, 0.1) is 0 Å². The van der Waals surface area contributed by atoms with Crippen LogP contribution in [0.2, 0.25) is 0 Å². The Kier molecular flexibility index (Phi) is 3.04. The average molecular weight is 247 g/mol. The van der Waals surface area contributed by atoms with Crippen molar-refractivity contribution in [3.05, 3.63) is 29.1 Å². The number of phenols is 1. The van der Waals surface area contributed by atoms with Crippen LogP contribution in [0.5, 0.6) is 5.75 Å². The Balaban J connectivity index is 1.77. The Labute approximate surface area is 105 Å². The largest absolute Gasteiger partial charge is 0.508 e. The molecule has 1 fully saturated rings. The number of rotatable bonds is 3. The van der Waals surface area contributed by atoms with E-state index in [1.165, 1.54) is 41.3 Å². The topological polar surface area (TPSA) is 32.3 Å². The van der Waals surface area contributed by atoms with Gasteiger partial charge in [-0.2, -0.15) is 0 Å². The van der Waals surface area contributed by atoms with Crippen LogP contribution < -0.4 is 5.32 Å². The van der Waals surface area contributed by atoms with Crippen molar-refractivity contribution >= 4 is 21.4 Å². The fourth-order valence-electron chi connectivity index (χ4n) is 2.59. The molecule has 1 aliphatic carbocycles. The SMILES string of the molecule is Oc1ccc2scc(CNC3CCCC3)c2c1. The molecule has 0 radical (unpaired) electrons. The number of thiophene rings is 1. The van der Waals surface area contributed by atoms with E-state index in [0.29, 0.717) is 11.8 Å². The van der Waals surface area contributed by atoms with Crippen molar-refractivity contribution in [3.63, 3.8) is 0 Å². The summed E-state index contributed by atoms with van der Waals surface area (Å²) in [5.74, 6) is 0.359. The predicted molar refractivity (Wildman–Crippen MR) is 72.6 cm³/mol. The van der Waals surface area contributed by atoms with E-state index < -0.39 is 0 Å². The minimum Gasteiger partial charge on any atom is -0.508 e. The first-order valence-corrected chi connectivity index (χ1v) is 7.13. The van der Waals surface area contributed by atoms with Crippen LogP contribution in [0.3, 0.4) is 0 Å². The second-order valence-corrected chi connectivity index (χ2v) is 5.71. The van der Waals surface area contributed by atoms with Gasteiger partial charge in [0.25, 0.3) is 0 Å². The van der Waals surface area contributed by atoms with Crippen molar-refractivity contribution in [3.8, 4) is 5.75 Å². The summed E-state index contributed by atoms with van der Waals surface area (Å²) in [6, 6.07) is 6.32. The number of fused-ring (bicyclic) bond motifs is 1. The summed E-state index contributed by atoms with van der Waals surface area (Å²) in [5.41, 5.74) is 1.31. The third-order valence-corrected chi connectivity index (χ3v) is 4.59. The summed E-state index contributed by atoms with van der Waals surface area (Å²) in [6.45, 7) is 0.925. The monoisotopic (exact) mass is 247 g/mol. The summed E-state index contributed by atoms with van der Waals surface area (Å²) in [6.07, 6.45) is 5.35. The summed E-state index contributed by atoms with van der Waals surface area (Å²) < 4.78 is 1.26. The highest BCUT2D eigenvalue weighted by Gasteiger charge is 2.14. The molecular formula is C14H17NOS. The lowest BCUT2D eigenvalue weighted by atomic mass is 10.1. The first-order valence-electron chi connectivity index (χ1n) is 6.25. The molecule has 1 aromatic heterocycles. The smallest absolute Gasteiger partial charge is 0.116 e. The minimum atomic E-state index is 0.359. The first kappa shape index (κ1) is 11.1. The molecule has 90 valence electrons. The lowest BCUT2D eigenvalue weighted by Crippen LogP contribution is -2.25. The zero-order valence-electron chi connectivity index (χ0n) is 9.78. The predicted octanol–water partition coefficient (Wildman–Crippen LogP) is 3.64. The van der Waals surface area contributed by atoms with Gasteiger partial charge < -0.3 is 10.4 Å². The van der Waals surface area contributed by atoms with Gasteiger partial charge in [-0.25, -0.2) is 0 Å². The van der Waals surface area contributed by atoms with Gasteiger partial charge in [0.1, 0.15) is 5.75 Å². The van der Waals surface area contributed by atoms with Crippen molar-refractivity contribution in [2.75, 3.05) is 0 Å². The fraction of sp³-hybridized carbons (Fsp3) is 0.429. The van der Waals surface area contributed by atoms with E-state index in [2.05, 4.69) is 10.7 Å². The van der Waals surface area contributed by atoms with Crippen molar-refractivity contribution in [1.82, 2.24) is 5.32 Å². The number of hydrogen-bond acceptors (Lipinski definition) is 3. The summed E-state index contributed by atoms with van der Waals surface area (Å²) in [7, 11) is 0. The summed E-state index contributed by atoms with van der Waals surface area (Å²) in [4.78, 5) is 0. The fourth-order valence-corrected chi connectivity index (χ4v) is 3.53. The normalized spacial score (nSPS) is 16.9. The lowest BCUT2D eigenvalue weighted by molar-refractivity contribution is 0.476. The molecule has 0 spiro atoms. The van der Waals surface area contributed by atoms with Crippen LogP contribution in [-0.2, 0) is 6.54 Å². The molecule has 0 atom stereocenters. The number of benzene rings is 1. The first-order chi connectivity index (χ1) is 8.33. The van der Waals surface area contributed by atoms with Crippen molar-refractivity contribution in [2.45, 2.75) is 38.3 Å². The Morgan fingerprint density at radius 2 is 2.12 bits per heavy atom. The highest BCUT2D eigenvalue weighted by atomic mass is 32.1. The maximum atomic E-state index is 9.54. The van der Waals surface area contributed by atoms with Gasteiger partial charge in [0.05, 0.1) is 0 Å². The average Bonchev–Trinajstić information content (AvgIpc) is 2.94. The molecule has 1 aliphatic rings. The van der Waals surface area contributed by atoms with Crippen LogP contribution in [0.25, 0.3) is 10.1 Å². The zero-order chi connectivity index (χ0) is 11.7. The van der Waals surface area contributed by atoms with Crippen LogP contribution in [0.15, 0.2) is 23.6 Å². The Morgan fingerprint density at radius 3 is 2.94 bits per heavy atom. The quantitative estimate of drug-likeness (QED) is 0.868. The molecule has 0 amide bonds. The molecule has 3 rings (SSSR count). The third kappa shape index (κ3) is 2.31. The minimum absolute atomic E-state index is 0.359. The molecule has 2 aromatic rings. The zero-order valence-corrected chi connectivity index (χ0v) is 10.6. The van der Waals surface area contributed by atoms with Crippen LogP contribution in [0.4, 0.5) is 0 Å². The number of phenolic OH excluding ortho intramolecular Hbond substituents is 1. The van der Waals surface area contributed by atoms with Gasteiger partial charge in [-0.15, -0.1) is 11.3 Å². The van der Waals surface area contributed by atoms with E-state index in [0.717, 1.165) is 6.54 Å². The molecule has 3 heteroatoms. The van der Waals surface area contributed by atoms with E-state index in [-0.39, 0.29) is 0 Å². The number of hydrogen-bond donors (Lipinski definition) is 2. The van der Waals surface area contributed by atoms with Crippen molar-refractivity contribution in [1.29, 1.82) is 0 Å². The highest BCUT2D eigenvalue weighted by molar-refractivity contribution is 7.17. The molecule has 0 aliphatic heterocycles. The molecule has 1 heterocycles.